The van der Waals surface area contributed by atoms with Gasteiger partial charge in [0.2, 0.25) is 0 Å². The summed E-state index contributed by atoms with van der Waals surface area (Å²) in [6, 6.07) is 8.42. The smallest absolute Gasteiger partial charge is 0.154 e. The Morgan fingerprint density at radius 1 is 1.33 bits per heavy atom. The zero-order valence-corrected chi connectivity index (χ0v) is 10.0. The van der Waals surface area contributed by atoms with Gasteiger partial charge >= 0.3 is 0 Å². The fourth-order valence-corrected chi connectivity index (χ4v) is 2.80. The van der Waals surface area contributed by atoms with Gasteiger partial charge in [0.05, 0.1) is 0 Å². The molecular formula is C11H12N2S2. The minimum Gasteiger partial charge on any atom is -0.324 e. The monoisotopic (exact) mass is 236 g/mol. The molecule has 0 saturated heterocycles. The van der Waals surface area contributed by atoms with Gasteiger partial charge in [0.15, 0.2) is 4.34 Å². The molecule has 0 fully saturated rings. The second-order valence-corrected chi connectivity index (χ2v) is 5.47. The molecule has 1 aromatic heterocycles. The van der Waals surface area contributed by atoms with Crippen LogP contribution in [0.4, 0.5) is 0 Å². The highest BCUT2D eigenvalue weighted by Crippen LogP contribution is 2.29. The number of aromatic nitrogens is 1. The lowest BCUT2D eigenvalue weighted by molar-refractivity contribution is 0.817. The molecule has 0 aliphatic carbocycles. The molecule has 1 aromatic carbocycles. The molecule has 2 N–H and O–H groups in total. The average Bonchev–Trinajstić information content (AvgIpc) is 2.71. The number of thiazole rings is 1. The Kier molecular flexibility index (Phi) is 3.41. The molecule has 1 atom stereocenters. The summed E-state index contributed by atoms with van der Waals surface area (Å²) in [7, 11) is 0. The van der Waals surface area contributed by atoms with E-state index < -0.39 is 0 Å². The van der Waals surface area contributed by atoms with Gasteiger partial charge in [-0.1, -0.05) is 23.9 Å². The topological polar surface area (TPSA) is 38.9 Å². The summed E-state index contributed by atoms with van der Waals surface area (Å²) in [5.74, 6) is 0. The van der Waals surface area contributed by atoms with Gasteiger partial charge in [-0.15, -0.1) is 11.3 Å². The highest BCUT2D eigenvalue weighted by molar-refractivity contribution is 8.01. The van der Waals surface area contributed by atoms with Crippen LogP contribution in [0.3, 0.4) is 0 Å². The van der Waals surface area contributed by atoms with Crippen LogP contribution in [0.5, 0.6) is 0 Å². The van der Waals surface area contributed by atoms with Gasteiger partial charge in [0.25, 0.3) is 0 Å². The maximum absolute atomic E-state index is 5.78. The van der Waals surface area contributed by atoms with Gasteiger partial charge in [0.1, 0.15) is 0 Å². The molecular weight excluding hydrogens is 224 g/mol. The Labute approximate surface area is 97.5 Å². The number of benzene rings is 1. The second-order valence-electron chi connectivity index (χ2n) is 3.26. The first-order chi connectivity index (χ1) is 7.25. The number of nitrogens with zero attached hydrogens (tertiary/aromatic N) is 1. The van der Waals surface area contributed by atoms with Gasteiger partial charge in [-0.25, -0.2) is 4.98 Å². The Morgan fingerprint density at radius 2 is 2.07 bits per heavy atom. The van der Waals surface area contributed by atoms with Crippen molar-refractivity contribution in [2.24, 2.45) is 5.73 Å². The van der Waals surface area contributed by atoms with E-state index in [0.29, 0.717) is 0 Å². The maximum Gasteiger partial charge on any atom is 0.154 e. The summed E-state index contributed by atoms with van der Waals surface area (Å²) in [5.41, 5.74) is 6.95. The Morgan fingerprint density at radius 3 is 2.60 bits per heavy atom. The van der Waals surface area contributed by atoms with Crippen LogP contribution in [-0.2, 0) is 0 Å². The standard InChI is InChI=1S/C11H12N2S2/c1-8(12)9-2-4-10(5-3-9)15-11-13-6-7-14-11/h2-8H,12H2,1H3. The Balaban J connectivity index is 2.11. The molecule has 0 aliphatic heterocycles. The van der Waals surface area contributed by atoms with Crippen LogP contribution in [0.15, 0.2) is 45.1 Å². The molecule has 2 rings (SSSR count). The molecule has 0 amide bonds. The highest BCUT2D eigenvalue weighted by atomic mass is 32.2. The lowest BCUT2D eigenvalue weighted by atomic mass is 10.1. The van der Waals surface area contributed by atoms with E-state index in [1.54, 1.807) is 23.1 Å². The predicted octanol–water partition coefficient (Wildman–Crippen LogP) is 3.31. The van der Waals surface area contributed by atoms with Crippen molar-refractivity contribution in [2.75, 3.05) is 0 Å². The molecule has 1 unspecified atom stereocenters. The van der Waals surface area contributed by atoms with Crippen molar-refractivity contribution in [2.45, 2.75) is 22.2 Å². The minimum absolute atomic E-state index is 0.101. The van der Waals surface area contributed by atoms with Crippen molar-refractivity contribution in [3.63, 3.8) is 0 Å². The third-order valence-corrected chi connectivity index (χ3v) is 3.91. The van der Waals surface area contributed by atoms with Gasteiger partial charge in [-0.3, -0.25) is 0 Å². The van der Waals surface area contributed by atoms with Gasteiger partial charge < -0.3 is 5.73 Å². The molecule has 2 aromatic rings. The lowest BCUT2D eigenvalue weighted by Crippen LogP contribution is -2.04. The number of hydrogen-bond acceptors (Lipinski definition) is 4. The molecule has 0 bridgehead atoms. The molecule has 78 valence electrons. The van der Waals surface area contributed by atoms with Crippen LogP contribution in [0.25, 0.3) is 0 Å². The zero-order valence-electron chi connectivity index (χ0n) is 8.38. The van der Waals surface area contributed by atoms with E-state index in [1.807, 2.05) is 18.5 Å². The third-order valence-electron chi connectivity index (χ3n) is 2.02. The summed E-state index contributed by atoms with van der Waals surface area (Å²) in [5, 5.41) is 1.98. The van der Waals surface area contributed by atoms with Crippen LogP contribution >= 0.6 is 23.1 Å². The number of nitrogens with two attached hydrogens (primary N) is 1. The summed E-state index contributed by atoms with van der Waals surface area (Å²) >= 11 is 3.34. The van der Waals surface area contributed by atoms with Gasteiger partial charge in [0, 0.05) is 22.5 Å². The summed E-state index contributed by atoms with van der Waals surface area (Å²) in [4.78, 5) is 5.43. The Hall–Kier alpha value is -0.840. The van der Waals surface area contributed by atoms with Gasteiger partial charge in [-0.2, -0.15) is 0 Å². The molecule has 1 heterocycles. The molecule has 0 saturated carbocycles. The predicted molar refractivity (Wildman–Crippen MR) is 65.3 cm³/mol. The summed E-state index contributed by atoms with van der Waals surface area (Å²) in [6.07, 6.45) is 1.82. The van der Waals surface area contributed by atoms with E-state index in [9.17, 15) is 0 Å². The number of rotatable bonds is 3. The fraction of sp³-hybridized carbons (Fsp3) is 0.182. The van der Waals surface area contributed by atoms with E-state index >= 15 is 0 Å². The van der Waals surface area contributed by atoms with E-state index in [1.165, 1.54) is 10.5 Å². The highest BCUT2D eigenvalue weighted by Gasteiger charge is 2.01. The van der Waals surface area contributed by atoms with Gasteiger partial charge in [-0.05, 0) is 24.6 Å². The Bertz CT molecular complexity index is 407. The van der Waals surface area contributed by atoms with E-state index in [-0.39, 0.29) is 6.04 Å². The largest absolute Gasteiger partial charge is 0.324 e. The quantitative estimate of drug-likeness (QED) is 0.888. The van der Waals surface area contributed by atoms with E-state index in [2.05, 4.69) is 29.2 Å². The zero-order chi connectivity index (χ0) is 10.7. The van der Waals surface area contributed by atoms with Crippen molar-refractivity contribution >= 4 is 23.1 Å². The molecule has 0 spiro atoms. The number of hydrogen-bond donors (Lipinski definition) is 1. The van der Waals surface area contributed by atoms with Crippen molar-refractivity contribution in [3.05, 3.63) is 41.4 Å². The first kappa shape index (κ1) is 10.7. The summed E-state index contributed by atoms with van der Waals surface area (Å²) in [6.45, 7) is 1.99. The molecule has 0 aliphatic rings. The first-order valence-electron chi connectivity index (χ1n) is 4.68. The average molecular weight is 236 g/mol. The fourth-order valence-electron chi connectivity index (χ4n) is 1.20. The van der Waals surface area contributed by atoms with Crippen LogP contribution in [-0.4, -0.2) is 4.98 Å². The molecule has 2 nitrogen and oxygen atoms in total. The molecule has 0 radical (unpaired) electrons. The van der Waals surface area contributed by atoms with Crippen molar-refractivity contribution in [1.29, 1.82) is 0 Å². The first-order valence-corrected chi connectivity index (χ1v) is 6.38. The van der Waals surface area contributed by atoms with Crippen LogP contribution in [0.2, 0.25) is 0 Å². The summed E-state index contributed by atoms with van der Waals surface area (Å²) < 4.78 is 1.07. The minimum atomic E-state index is 0.101. The maximum atomic E-state index is 5.78. The molecule has 4 heteroatoms. The van der Waals surface area contributed by atoms with Crippen molar-refractivity contribution in [1.82, 2.24) is 4.98 Å². The van der Waals surface area contributed by atoms with Crippen LogP contribution < -0.4 is 5.73 Å². The normalized spacial score (nSPS) is 12.7. The van der Waals surface area contributed by atoms with E-state index in [4.69, 9.17) is 5.73 Å². The van der Waals surface area contributed by atoms with E-state index in [0.717, 1.165) is 4.34 Å². The van der Waals surface area contributed by atoms with Crippen LogP contribution in [0, 0.1) is 0 Å². The van der Waals surface area contributed by atoms with Crippen molar-refractivity contribution < 1.29 is 0 Å². The lowest BCUT2D eigenvalue weighted by Gasteiger charge is -2.05. The molecule has 15 heavy (non-hydrogen) atoms. The third kappa shape index (κ3) is 2.81. The second kappa shape index (κ2) is 4.79. The SMILES string of the molecule is CC(N)c1ccc(Sc2nccs2)cc1. The van der Waals surface area contributed by atoms with Crippen molar-refractivity contribution in [3.8, 4) is 0 Å². The van der Waals surface area contributed by atoms with Crippen LogP contribution in [0.1, 0.15) is 18.5 Å².